The molecule has 0 saturated carbocycles. The standard InChI is InChI=1S/C13H16N4O/c1-10-14-15-13-12(17(18)8-7-16(10)13)9-11-5-3-2-4-6-11/h2-6,12,18H,7-9H2,1H3. The summed E-state index contributed by atoms with van der Waals surface area (Å²) in [6, 6.07) is 10.0. The minimum Gasteiger partial charge on any atom is -0.313 e. The van der Waals surface area contributed by atoms with Crippen LogP contribution in [0, 0.1) is 6.92 Å². The third-order valence-electron chi connectivity index (χ3n) is 3.45. The van der Waals surface area contributed by atoms with Gasteiger partial charge in [0.2, 0.25) is 0 Å². The summed E-state index contributed by atoms with van der Waals surface area (Å²) in [6.07, 6.45) is 0.746. The van der Waals surface area contributed by atoms with E-state index in [9.17, 15) is 5.21 Å². The summed E-state index contributed by atoms with van der Waals surface area (Å²) in [4.78, 5) is 0. The maximum absolute atomic E-state index is 10.0. The summed E-state index contributed by atoms with van der Waals surface area (Å²) >= 11 is 0. The Morgan fingerprint density at radius 1 is 1.22 bits per heavy atom. The van der Waals surface area contributed by atoms with E-state index in [0.29, 0.717) is 6.54 Å². The van der Waals surface area contributed by atoms with Gasteiger partial charge in [0.1, 0.15) is 5.82 Å². The molecule has 1 aromatic carbocycles. The third-order valence-corrected chi connectivity index (χ3v) is 3.45. The van der Waals surface area contributed by atoms with Gasteiger partial charge in [-0.25, -0.2) is 0 Å². The van der Waals surface area contributed by atoms with Gasteiger partial charge >= 0.3 is 0 Å². The highest BCUT2D eigenvalue weighted by atomic mass is 16.5. The van der Waals surface area contributed by atoms with Crippen molar-refractivity contribution in [2.75, 3.05) is 6.54 Å². The summed E-state index contributed by atoms with van der Waals surface area (Å²) in [5, 5.41) is 19.7. The van der Waals surface area contributed by atoms with E-state index in [2.05, 4.69) is 26.9 Å². The topological polar surface area (TPSA) is 54.2 Å². The molecule has 18 heavy (non-hydrogen) atoms. The monoisotopic (exact) mass is 244 g/mol. The van der Waals surface area contributed by atoms with Gasteiger partial charge in [-0.1, -0.05) is 30.3 Å². The van der Waals surface area contributed by atoms with Crippen LogP contribution in [0.5, 0.6) is 0 Å². The number of nitrogens with zero attached hydrogens (tertiary/aromatic N) is 4. The lowest BCUT2D eigenvalue weighted by molar-refractivity contribution is -0.142. The molecule has 0 aliphatic carbocycles. The quantitative estimate of drug-likeness (QED) is 0.871. The number of aromatic nitrogens is 3. The van der Waals surface area contributed by atoms with Crippen molar-refractivity contribution in [3.63, 3.8) is 0 Å². The van der Waals surface area contributed by atoms with Crippen molar-refractivity contribution >= 4 is 0 Å². The van der Waals surface area contributed by atoms with E-state index in [1.165, 1.54) is 10.6 Å². The molecule has 0 radical (unpaired) electrons. The molecule has 5 nitrogen and oxygen atoms in total. The average Bonchev–Trinajstić information content (AvgIpc) is 2.76. The van der Waals surface area contributed by atoms with E-state index in [-0.39, 0.29) is 6.04 Å². The van der Waals surface area contributed by atoms with Crippen LogP contribution in [0.2, 0.25) is 0 Å². The highest BCUT2D eigenvalue weighted by Gasteiger charge is 2.29. The number of benzene rings is 1. The lowest BCUT2D eigenvalue weighted by Gasteiger charge is -2.30. The van der Waals surface area contributed by atoms with Gasteiger partial charge < -0.3 is 9.77 Å². The SMILES string of the molecule is Cc1nnc2n1CCN(O)C2Cc1ccccc1. The molecule has 0 fully saturated rings. The molecule has 3 rings (SSSR count). The van der Waals surface area contributed by atoms with Crippen LogP contribution in [0.1, 0.15) is 23.3 Å². The normalized spacial score (nSPS) is 19.8. The molecule has 1 N–H and O–H groups in total. The molecule has 1 atom stereocenters. The highest BCUT2D eigenvalue weighted by Crippen LogP contribution is 2.26. The first-order valence-corrected chi connectivity index (χ1v) is 6.15. The fourth-order valence-corrected chi connectivity index (χ4v) is 2.45. The van der Waals surface area contributed by atoms with E-state index >= 15 is 0 Å². The van der Waals surface area contributed by atoms with Crippen molar-refractivity contribution in [3.05, 3.63) is 47.5 Å². The number of rotatable bonds is 2. The molecule has 1 unspecified atom stereocenters. The van der Waals surface area contributed by atoms with E-state index in [4.69, 9.17) is 0 Å². The molecular weight excluding hydrogens is 228 g/mol. The summed E-state index contributed by atoms with van der Waals surface area (Å²) in [7, 11) is 0. The molecule has 0 spiro atoms. The van der Waals surface area contributed by atoms with Gasteiger partial charge in [0.05, 0.1) is 6.04 Å². The third kappa shape index (κ3) is 1.91. The Kier molecular flexibility index (Phi) is 2.85. The first-order chi connectivity index (χ1) is 8.75. The zero-order valence-corrected chi connectivity index (χ0v) is 10.3. The predicted octanol–water partition coefficient (Wildman–Crippen LogP) is 1.58. The Morgan fingerprint density at radius 3 is 2.78 bits per heavy atom. The number of aryl methyl sites for hydroxylation is 1. The van der Waals surface area contributed by atoms with Gasteiger partial charge in [-0.05, 0) is 18.9 Å². The Morgan fingerprint density at radius 2 is 2.00 bits per heavy atom. The number of hydrogen-bond acceptors (Lipinski definition) is 4. The molecule has 5 heteroatoms. The van der Waals surface area contributed by atoms with E-state index < -0.39 is 0 Å². The molecule has 1 aliphatic rings. The second-order valence-electron chi connectivity index (χ2n) is 4.63. The number of hydroxylamine groups is 2. The van der Waals surface area contributed by atoms with Crippen LogP contribution in [0.25, 0.3) is 0 Å². The largest absolute Gasteiger partial charge is 0.313 e. The van der Waals surface area contributed by atoms with Crippen LogP contribution >= 0.6 is 0 Å². The van der Waals surface area contributed by atoms with Gasteiger partial charge in [-0.15, -0.1) is 10.2 Å². The maximum Gasteiger partial charge on any atom is 0.153 e. The minimum atomic E-state index is -0.109. The average molecular weight is 244 g/mol. The van der Waals surface area contributed by atoms with Crippen LogP contribution in [0.15, 0.2) is 30.3 Å². The van der Waals surface area contributed by atoms with Crippen LogP contribution < -0.4 is 0 Å². The molecule has 1 aromatic heterocycles. The Balaban J connectivity index is 1.91. The van der Waals surface area contributed by atoms with E-state index in [1.807, 2.05) is 25.1 Å². The lowest BCUT2D eigenvalue weighted by Crippen LogP contribution is -2.37. The van der Waals surface area contributed by atoms with Crippen LogP contribution in [-0.2, 0) is 13.0 Å². The maximum atomic E-state index is 10.0. The summed E-state index contributed by atoms with van der Waals surface area (Å²) in [5.41, 5.74) is 1.19. The first-order valence-electron chi connectivity index (χ1n) is 6.15. The molecule has 0 saturated heterocycles. The smallest absolute Gasteiger partial charge is 0.153 e. The van der Waals surface area contributed by atoms with Gasteiger partial charge in [0.25, 0.3) is 0 Å². The zero-order chi connectivity index (χ0) is 12.5. The Hall–Kier alpha value is -1.72. The fourth-order valence-electron chi connectivity index (χ4n) is 2.45. The molecular formula is C13H16N4O. The second-order valence-corrected chi connectivity index (χ2v) is 4.63. The first kappa shape index (κ1) is 11.4. The zero-order valence-electron chi connectivity index (χ0n) is 10.3. The van der Waals surface area contributed by atoms with Crippen LogP contribution in [0.3, 0.4) is 0 Å². The van der Waals surface area contributed by atoms with Crippen LogP contribution in [0.4, 0.5) is 0 Å². The minimum absolute atomic E-state index is 0.109. The summed E-state index contributed by atoms with van der Waals surface area (Å²) in [5.74, 6) is 1.77. The van der Waals surface area contributed by atoms with Gasteiger partial charge in [-0.3, -0.25) is 0 Å². The summed E-state index contributed by atoms with van der Waals surface area (Å²) in [6.45, 7) is 3.31. The van der Waals surface area contributed by atoms with Crippen molar-refractivity contribution in [1.82, 2.24) is 19.8 Å². The highest BCUT2D eigenvalue weighted by molar-refractivity contribution is 5.18. The molecule has 0 amide bonds. The number of fused-ring (bicyclic) bond motifs is 1. The Bertz CT molecular complexity index is 537. The lowest BCUT2D eigenvalue weighted by atomic mass is 10.0. The van der Waals surface area contributed by atoms with Crippen molar-refractivity contribution < 1.29 is 5.21 Å². The van der Waals surface area contributed by atoms with Gasteiger partial charge in [0, 0.05) is 13.1 Å². The molecule has 2 heterocycles. The van der Waals surface area contributed by atoms with Crippen molar-refractivity contribution in [2.45, 2.75) is 25.9 Å². The molecule has 94 valence electrons. The predicted molar refractivity (Wildman–Crippen MR) is 66.1 cm³/mol. The second kappa shape index (κ2) is 4.51. The van der Waals surface area contributed by atoms with Crippen molar-refractivity contribution in [3.8, 4) is 0 Å². The van der Waals surface area contributed by atoms with Gasteiger partial charge in [-0.2, -0.15) is 5.06 Å². The Labute approximate surface area is 106 Å². The molecule has 1 aliphatic heterocycles. The van der Waals surface area contributed by atoms with E-state index in [1.54, 1.807) is 0 Å². The summed E-state index contributed by atoms with van der Waals surface area (Å²) < 4.78 is 2.08. The van der Waals surface area contributed by atoms with Crippen molar-refractivity contribution in [2.24, 2.45) is 0 Å². The van der Waals surface area contributed by atoms with E-state index in [0.717, 1.165) is 24.6 Å². The number of hydrogen-bond donors (Lipinski definition) is 1. The van der Waals surface area contributed by atoms with Gasteiger partial charge in [0.15, 0.2) is 5.82 Å². The molecule has 0 bridgehead atoms. The van der Waals surface area contributed by atoms with Crippen molar-refractivity contribution in [1.29, 1.82) is 0 Å². The van der Waals surface area contributed by atoms with Crippen LogP contribution in [-0.4, -0.2) is 31.6 Å². The molecule has 2 aromatic rings. The fraction of sp³-hybridized carbons (Fsp3) is 0.385.